The van der Waals surface area contributed by atoms with Gasteiger partial charge in [0, 0.05) is 13.1 Å². The maximum Gasteiger partial charge on any atom is 0.202 e. The van der Waals surface area contributed by atoms with E-state index in [0.717, 1.165) is 40.5 Å². The largest absolute Gasteiger partial charge is 0.369 e. The number of hydrogen-bond donors (Lipinski definition) is 1. The highest BCUT2D eigenvalue weighted by atomic mass is 15.4. The lowest BCUT2D eigenvalue weighted by Gasteiger charge is -2.12. The number of anilines is 1. The van der Waals surface area contributed by atoms with Crippen LogP contribution < -0.4 is 5.73 Å². The topological polar surface area (TPSA) is 61.7 Å². The van der Waals surface area contributed by atoms with Crippen LogP contribution in [0.1, 0.15) is 31.0 Å². The van der Waals surface area contributed by atoms with Gasteiger partial charge < -0.3 is 5.73 Å². The molecule has 2 heterocycles. The maximum atomic E-state index is 6.20. The van der Waals surface area contributed by atoms with Crippen LogP contribution in [-0.2, 0) is 7.05 Å². The molecule has 3 fully saturated rings. The van der Waals surface area contributed by atoms with E-state index in [0.29, 0.717) is 12.0 Å². The normalized spacial score (nSPS) is 39.2. The Balaban J connectivity index is 1.69. The third kappa shape index (κ3) is 1.05. The standard InChI is InChI=1S/C14H19N5/c1-6-11-13(18(2)17-6)19(14(15)16-11)12-9-7-3-4-8(5-7)10(9)12/h7-10,12H,3-5H2,1-2H3,(H2,15,16). The number of imidazole rings is 1. The summed E-state index contributed by atoms with van der Waals surface area (Å²) in [5.41, 5.74) is 9.29. The first-order valence-corrected chi connectivity index (χ1v) is 7.34. The van der Waals surface area contributed by atoms with Crippen LogP contribution in [0.25, 0.3) is 11.2 Å². The molecule has 5 nitrogen and oxygen atoms in total. The predicted molar refractivity (Wildman–Crippen MR) is 72.5 cm³/mol. The zero-order valence-electron chi connectivity index (χ0n) is 11.4. The molecule has 2 bridgehead atoms. The SMILES string of the molecule is Cc1nn(C)c2c1nc(N)n2C1C2C3CCC(C3)C21. The first-order valence-electron chi connectivity index (χ1n) is 7.34. The van der Waals surface area contributed by atoms with Gasteiger partial charge in [-0.15, -0.1) is 0 Å². The van der Waals surface area contributed by atoms with Gasteiger partial charge in [-0.05, 0) is 49.9 Å². The Labute approximate surface area is 111 Å². The van der Waals surface area contributed by atoms with Crippen molar-refractivity contribution in [2.75, 3.05) is 5.73 Å². The molecule has 3 aliphatic rings. The molecule has 0 aliphatic heterocycles. The Kier molecular flexibility index (Phi) is 1.61. The van der Waals surface area contributed by atoms with Crippen LogP contribution in [0.15, 0.2) is 0 Å². The van der Waals surface area contributed by atoms with Crippen molar-refractivity contribution in [1.82, 2.24) is 19.3 Å². The number of hydrogen-bond acceptors (Lipinski definition) is 3. The molecule has 4 atom stereocenters. The van der Waals surface area contributed by atoms with Gasteiger partial charge in [0.1, 0.15) is 5.52 Å². The molecule has 5 rings (SSSR count). The average Bonchev–Trinajstić information content (AvgIpc) is 2.76. The fourth-order valence-electron chi connectivity index (χ4n) is 5.23. The summed E-state index contributed by atoms with van der Waals surface area (Å²) in [6, 6.07) is 0.603. The number of fused-ring (bicyclic) bond motifs is 6. The highest BCUT2D eigenvalue weighted by Gasteiger charge is 2.66. The molecule has 19 heavy (non-hydrogen) atoms. The molecule has 2 aromatic heterocycles. The van der Waals surface area contributed by atoms with E-state index in [1.807, 2.05) is 18.7 Å². The molecular weight excluding hydrogens is 238 g/mol. The quantitative estimate of drug-likeness (QED) is 0.848. The van der Waals surface area contributed by atoms with Gasteiger partial charge in [-0.25, -0.2) is 4.98 Å². The molecule has 100 valence electrons. The van der Waals surface area contributed by atoms with E-state index < -0.39 is 0 Å². The van der Waals surface area contributed by atoms with Crippen LogP contribution in [0.5, 0.6) is 0 Å². The van der Waals surface area contributed by atoms with E-state index in [-0.39, 0.29) is 0 Å². The van der Waals surface area contributed by atoms with Crippen LogP contribution in [0.2, 0.25) is 0 Å². The van der Waals surface area contributed by atoms with Crippen molar-refractivity contribution in [2.24, 2.45) is 30.7 Å². The van der Waals surface area contributed by atoms with Gasteiger partial charge in [-0.1, -0.05) is 0 Å². The molecule has 0 aromatic carbocycles. The van der Waals surface area contributed by atoms with E-state index in [4.69, 9.17) is 5.73 Å². The summed E-state index contributed by atoms with van der Waals surface area (Å²) in [6.07, 6.45) is 4.34. The molecule has 4 unspecified atom stereocenters. The minimum atomic E-state index is 0.603. The Morgan fingerprint density at radius 2 is 1.89 bits per heavy atom. The number of rotatable bonds is 1. The molecule has 3 saturated carbocycles. The lowest BCUT2D eigenvalue weighted by Crippen LogP contribution is -2.10. The van der Waals surface area contributed by atoms with Gasteiger partial charge in [0.15, 0.2) is 5.65 Å². The maximum absolute atomic E-state index is 6.20. The van der Waals surface area contributed by atoms with Crippen LogP contribution in [0.3, 0.4) is 0 Å². The third-order valence-electron chi connectivity index (χ3n) is 5.86. The molecule has 2 N–H and O–H groups in total. The fourth-order valence-corrected chi connectivity index (χ4v) is 5.23. The number of aromatic nitrogens is 4. The first-order chi connectivity index (χ1) is 9.16. The summed E-state index contributed by atoms with van der Waals surface area (Å²) < 4.78 is 4.24. The highest BCUT2D eigenvalue weighted by Crippen LogP contribution is 2.72. The van der Waals surface area contributed by atoms with Gasteiger partial charge in [0.05, 0.1) is 5.69 Å². The Bertz CT molecular complexity index is 680. The molecule has 0 radical (unpaired) electrons. The van der Waals surface area contributed by atoms with Crippen LogP contribution in [-0.4, -0.2) is 19.3 Å². The van der Waals surface area contributed by atoms with Gasteiger partial charge in [0.2, 0.25) is 5.95 Å². The van der Waals surface area contributed by atoms with Crippen LogP contribution >= 0.6 is 0 Å². The van der Waals surface area contributed by atoms with Crippen molar-refractivity contribution >= 4 is 17.1 Å². The second-order valence-corrected chi connectivity index (χ2v) is 6.70. The zero-order valence-corrected chi connectivity index (χ0v) is 11.4. The van der Waals surface area contributed by atoms with Crippen LogP contribution in [0.4, 0.5) is 5.95 Å². The smallest absolute Gasteiger partial charge is 0.202 e. The van der Waals surface area contributed by atoms with Crippen molar-refractivity contribution in [1.29, 1.82) is 0 Å². The Hall–Kier alpha value is -1.52. The molecule has 0 amide bonds. The zero-order chi connectivity index (χ0) is 12.9. The third-order valence-corrected chi connectivity index (χ3v) is 5.86. The lowest BCUT2D eigenvalue weighted by atomic mass is 10.0. The molecule has 3 aliphatic carbocycles. The van der Waals surface area contributed by atoms with E-state index in [2.05, 4.69) is 14.6 Å². The highest BCUT2D eigenvalue weighted by molar-refractivity contribution is 5.78. The summed E-state index contributed by atoms with van der Waals surface area (Å²) >= 11 is 0. The lowest BCUT2D eigenvalue weighted by molar-refractivity contribution is 0.456. The molecule has 5 heteroatoms. The molecule has 0 saturated heterocycles. The second kappa shape index (κ2) is 2.97. The Morgan fingerprint density at radius 1 is 1.21 bits per heavy atom. The van der Waals surface area contributed by atoms with Crippen molar-refractivity contribution < 1.29 is 0 Å². The van der Waals surface area contributed by atoms with E-state index in [1.54, 1.807) is 0 Å². The number of nitrogen functional groups attached to an aromatic ring is 1. The van der Waals surface area contributed by atoms with Gasteiger partial charge in [-0.2, -0.15) is 5.10 Å². The number of aryl methyl sites for hydroxylation is 2. The Morgan fingerprint density at radius 3 is 2.58 bits per heavy atom. The van der Waals surface area contributed by atoms with Crippen molar-refractivity contribution in [3.8, 4) is 0 Å². The average molecular weight is 257 g/mol. The minimum absolute atomic E-state index is 0.603. The molecular formula is C14H19N5. The summed E-state index contributed by atoms with van der Waals surface area (Å²) in [4.78, 5) is 4.55. The van der Waals surface area contributed by atoms with E-state index >= 15 is 0 Å². The predicted octanol–water partition coefficient (Wildman–Crippen LogP) is 1.88. The summed E-state index contributed by atoms with van der Waals surface area (Å²) in [7, 11) is 2.00. The van der Waals surface area contributed by atoms with E-state index in [1.165, 1.54) is 19.3 Å². The molecule has 0 spiro atoms. The summed E-state index contributed by atoms with van der Waals surface area (Å²) in [5.74, 6) is 4.32. The van der Waals surface area contributed by atoms with Gasteiger partial charge >= 0.3 is 0 Å². The first kappa shape index (κ1) is 10.3. The van der Waals surface area contributed by atoms with Crippen molar-refractivity contribution in [3.05, 3.63) is 5.69 Å². The van der Waals surface area contributed by atoms with Crippen LogP contribution in [0, 0.1) is 30.6 Å². The number of nitrogens with two attached hydrogens (primary N) is 1. The summed E-state index contributed by atoms with van der Waals surface area (Å²) in [5, 5.41) is 4.49. The number of nitrogens with zero attached hydrogens (tertiary/aromatic N) is 4. The van der Waals surface area contributed by atoms with E-state index in [9.17, 15) is 0 Å². The fraction of sp³-hybridized carbons (Fsp3) is 0.714. The van der Waals surface area contributed by atoms with Crippen molar-refractivity contribution in [3.63, 3.8) is 0 Å². The van der Waals surface area contributed by atoms with Gasteiger partial charge in [0.25, 0.3) is 0 Å². The molecule has 2 aromatic rings. The second-order valence-electron chi connectivity index (χ2n) is 6.70. The minimum Gasteiger partial charge on any atom is -0.369 e. The van der Waals surface area contributed by atoms with Gasteiger partial charge in [-0.3, -0.25) is 9.25 Å². The van der Waals surface area contributed by atoms with Crippen molar-refractivity contribution in [2.45, 2.75) is 32.2 Å². The monoisotopic (exact) mass is 257 g/mol. The summed E-state index contributed by atoms with van der Waals surface area (Å²) in [6.45, 7) is 2.01.